The summed E-state index contributed by atoms with van der Waals surface area (Å²) in [6, 6.07) is 9.48. The standard InChI is InChI=1S/C20H20ClFN4O3/c1-12(23-13-2-5-17-18(10-13)29-20(28)24-17)19(27)26-8-6-25(7-9-26)14-3-4-15(21)16(22)11-14/h2-5,10-12,23H,6-9H2,1H3,(H,24,28). The lowest BCUT2D eigenvalue weighted by molar-refractivity contribution is -0.131. The molecule has 0 saturated carbocycles. The molecule has 0 bridgehead atoms. The van der Waals surface area contributed by atoms with Crippen LogP contribution < -0.4 is 16.0 Å². The molecule has 152 valence electrons. The zero-order valence-corrected chi connectivity index (χ0v) is 16.5. The summed E-state index contributed by atoms with van der Waals surface area (Å²) >= 11 is 5.74. The molecule has 0 radical (unpaired) electrons. The Hall–Kier alpha value is -3.00. The number of amides is 1. The van der Waals surface area contributed by atoms with Crippen LogP contribution in [0.25, 0.3) is 11.1 Å². The number of aromatic nitrogens is 1. The lowest BCUT2D eigenvalue weighted by Gasteiger charge is -2.37. The van der Waals surface area contributed by atoms with Crippen molar-refractivity contribution in [3.05, 3.63) is 57.8 Å². The van der Waals surface area contributed by atoms with Gasteiger partial charge in [-0.05, 0) is 37.3 Å². The third-order valence-electron chi connectivity index (χ3n) is 5.03. The van der Waals surface area contributed by atoms with Crippen molar-refractivity contribution in [1.82, 2.24) is 9.88 Å². The van der Waals surface area contributed by atoms with E-state index >= 15 is 0 Å². The predicted molar refractivity (Wildman–Crippen MR) is 110 cm³/mol. The van der Waals surface area contributed by atoms with Crippen LogP contribution in [0.2, 0.25) is 5.02 Å². The van der Waals surface area contributed by atoms with Crippen molar-refractivity contribution in [3.63, 3.8) is 0 Å². The Morgan fingerprint density at radius 2 is 1.97 bits per heavy atom. The van der Waals surface area contributed by atoms with Crippen LogP contribution in [-0.4, -0.2) is 48.0 Å². The Balaban J connectivity index is 1.36. The summed E-state index contributed by atoms with van der Waals surface area (Å²) in [7, 11) is 0. The van der Waals surface area contributed by atoms with E-state index in [1.54, 1.807) is 42.2 Å². The van der Waals surface area contributed by atoms with Gasteiger partial charge >= 0.3 is 5.76 Å². The lowest BCUT2D eigenvalue weighted by atomic mass is 10.2. The third kappa shape index (κ3) is 4.07. The van der Waals surface area contributed by atoms with Gasteiger partial charge in [-0.2, -0.15) is 0 Å². The number of nitrogens with one attached hydrogen (secondary N) is 2. The predicted octanol–water partition coefficient (Wildman–Crippen LogP) is 3.06. The highest BCUT2D eigenvalue weighted by Crippen LogP contribution is 2.23. The number of carbonyl (C=O) groups excluding carboxylic acids is 1. The van der Waals surface area contributed by atoms with Gasteiger partial charge in [0.05, 0.1) is 10.5 Å². The molecule has 1 aliphatic rings. The Morgan fingerprint density at radius 1 is 1.21 bits per heavy atom. The smallest absolute Gasteiger partial charge is 0.408 e. The maximum atomic E-state index is 13.7. The van der Waals surface area contributed by atoms with Crippen molar-refractivity contribution in [1.29, 1.82) is 0 Å². The molecule has 2 aromatic carbocycles. The number of piperazine rings is 1. The number of anilines is 2. The molecule has 0 aliphatic carbocycles. The number of oxazole rings is 1. The minimum atomic E-state index is -0.514. The molecule has 1 unspecified atom stereocenters. The number of aromatic amines is 1. The summed E-state index contributed by atoms with van der Waals surface area (Å²) in [6.07, 6.45) is 0. The van der Waals surface area contributed by atoms with E-state index in [-0.39, 0.29) is 10.9 Å². The summed E-state index contributed by atoms with van der Waals surface area (Å²) in [5, 5.41) is 3.25. The first-order valence-electron chi connectivity index (χ1n) is 9.29. The van der Waals surface area contributed by atoms with Gasteiger partial charge in [0.1, 0.15) is 11.9 Å². The Bertz CT molecular complexity index is 1100. The first kappa shape index (κ1) is 19.3. The molecular weight excluding hydrogens is 399 g/mol. The second-order valence-corrected chi connectivity index (χ2v) is 7.41. The van der Waals surface area contributed by atoms with Crippen LogP contribution in [0.1, 0.15) is 6.92 Å². The fraction of sp³-hybridized carbons (Fsp3) is 0.300. The van der Waals surface area contributed by atoms with E-state index in [0.717, 1.165) is 5.69 Å². The molecule has 1 fully saturated rings. The van der Waals surface area contributed by atoms with Crippen molar-refractivity contribution in [3.8, 4) is 0 Å². The van der Waals surface area contributed by atoms with E-state index in [0.29, 0.717) is 43.0 Å². The molecule has 3 aromatic rings. The summed E-state index contributed by atoms with van der Waals surface area (Å²) in [5.74, 6) is -0.988. The van der Waals surface area contributed by atoms with Gasteiger partial charge in [-0.1, -0.05) is 11.6 Å². The Labute approximate surface area is 171 Å². The number of H-pyrrole nitrogens is 1. The van der Waals surface area contributed by atoms with Crippen LogP contribution in [0.3, 0.4) is 0 Å². The molecule has 4 rings (SSSR count). The molecule has 1 atom stereocenters. The zero-order chi connectivity index (χ0) is 20.5. The number of halogens is 2. The molecule has 1 aliphatic heterocycles. The highest BCUT2D eigenvalue weighted by atomic mass is 35.5. The number of hydrogen-bond donors (Lipinski definition) is 2. The Morgan fingerprint density at radius 3 is 2.69 bits per heavy atom. The largest absolute Gasteiger partial charge is 0.417 e. The van der Waals surface area contributed by atoms with Crippen molar-refractivity contribution in [2.24, 2.45) is 0 Å². The van der Waals surface area contributed by atoms with Gasteiger partial charge in [0.2, 0.25) is 5.91 Å². The van der Waals surface area contributed by atoms with Crippen LogP contribution in [-0.2, 0) is 4.79 Å². The molecule has 1 saturated heterocycles. The average Bonchev–Trinajstić information content (AvgIpc) is 3.09. The van der Waals surface area contributed by atoms with Gasteiger partial charge in [-0.25, -0.2) is 9.18 Å². The van der Waals surface area contributed by atoms with Crippen LogP contribution in [0.5, 0.6) is 0 Å². The fourth-order valence-corrected chi connectivity index (χ4v) is 3.61. The second-order valence-electron chi connectivity index (χ2n) is 7.00. The summed E-state index contributed by atoms with van der Waals surface area (Å²) in [6.45, 7) is 4.10. The van der Waals surface area contributed by atoms with Gasteiger partial charge in [0.25, 0.3) is 0 Å². The number of nitrogens with zero attached hydrogens (tertiary/aromatic N) is 2. The van der Waals surface area contributed by atoms with Crippen molar-refractivity contribution in [2.45, 2.75) is 13.0 Å². The molecular formula is C20H20ClFN4O3. The van der Waals surface area contributed by atoms with E-state index in [9.17, 15) is 14.0 Å². The quantitative estimate of drug-likeness (QED) is 0.680. The van der Waals surface area contributed by atoms with Gasteiger partial charge in [0, 0.05) is 43.6 Å². The number of benzene rings is 2. The van der Waals surface area contributed by atoms with Crippen LogP contribution in [0.4, 0.5) is 15.8 Å². The minimum Gasteiger partial charge on any atom is -0.408 e. The molecule has 1 aromatic heterocycles. The first-order valence-corrected chi connectivity index (χ1v) is 9.67. The number of fused-ring (bicyclic) bond motifs is 1. The molecule has 2 N–H and O–H groups in total. The third-order valence-corrected chi connectivity index (χ3v) is 5.34. The summed E-state index contributed by atoms with van der Waals surface area (Å²) in [5.41, 5.74) is 2.49. The SMILES string of the molecule is CC(Nc1ccc2[nH]c(=O)oc2c1)C(=O)N1CCN(c2ccc(Cl)c(F)c2)CC1. The van der Waals surface area contributed by atoms with Crippen molar-refractivity contribution in [2.75, 3.05) is 36.4 Å². The van der Waals surface area contributed by atoms with Gasteiger partial charge in [0.15, 0.2) is 5.58 Å². The molecule has 0 spiro atoms. The maximum absolute atomic E-state index is 13.7. The van der Waals surface area contributed by atoms with E-state index < -0.39 is 17.6 Å². The topological polar surface area (TPSA) is 81.6 Å². The van der Waals surface area contributed by atoms with E-state index in [2.05, 4.69) is 10.3 Å². The fourth-order valence-electron chi connectivity index (χ4n) is 3.49. The summed E-state index contributed by atoms with van der Waals surface area (Å²) < 4.78 is 18.7. The molecule has 7 nitrogen and oxygen atoms in total. The second kappa shape index (κ2) is 7.79. The minimum absolute atomic E-state index is 0.0254. The highest BCUT2D eigenvalue weighted by molar-refractivity contribution is 6.30. The van der Waals surface area contributed by atoms with Gasteiger partial charge in [-0.15, -0.1) is 0 Å². The number of hydrogen-bond acceptors (Lipinski definition) is 5. The van der Waals surface area contributed by atoms with Crippen LogP contribution in [0.15, 0.2) is 45.6 Å². The van der Waals surface area contributed by atoms with E-state index in [1.165, 1.54) is 6.07 Å². The molecule has 2 heterocycles. The monoisotopic (exact) mass is 418 g/mol. The molecule has 9 heteroatoms. The highest BCUT2D eigenvalue weighted by Gasteiger charge is 2.25. The van der Waals surface area contributed by atoms with Crippen LogP contribution >= 0.6 is 11.6 Å². The summed E-state index contributed by atoms with van der Waals surface area (Å²) in [4.78, 5) is 30.5. The first-order chi connectivity index (χ1) is 13.9. The normalized spacial score (nSPS) is 15.6. The van der Waals surface area contributed by atoms with E-state index in [1.807, 2.05) is 4.90 Å². The van der Waals surface area contributed by atoms with Crippen molar-refractivity contribution >= 4 is 40.0 Å². The van der Waals surface area contributed by atoms with Crippen molar-refractivity contribution < 1.29 is 13.6 Å². The lowest BCUT2D eigenvalue weighted by Crippen LogP contribution is -2.52. The Kier molecular flexibility index (Phi) is 5.19. The molecule has 1 amide bonds. The molecule has 29 heavy (non-hydrogen) atoms. The van der Waals surface area contributed by atoms with E-state index in [4.69, 9.17) is 16.0 Å². The van der Waals surface area contributed by atoms with Gasteiger partial charge in [-0.3, -0.25) is 9.78 Å². The average molecular weight is 419 g/mol. The zero-order valence-electron chi connectivity index (χ0n) is 15.7. The maximum Gasteiger partial charge on any atom is 0.417 e. The number of carbonyl (C=O) groups is 1. The van der Waals surface area contributed by atoms with Gasteiger partial charge < -0.3 is 19.5 Å². The number of rotatable bonds is 4. The van der Waals surface area contributed by atoms with Crippen LogP contribution in [0, 0.1) is 5.82 Å².